The minimum absolute atomic E-state index is 0.152. The summed E-state index contributed by atoms with van der Waals surface area (Å²) in [4.78, 5) is 18.9. The number of fused-ring (bicyclic) bond motifs is 1. The van der Waals surface area contributed by atoms with Gasteiger partial charge in [0.05, 0.1) is 4.90 Å². The van der Waals surface area contributed by atoms with E-state index in [1.54, 1.807) is 29.5 Å². The van der Waals surface area contributed by atoms with Crippen LogP contribution in [-0.4, -0.2) is 54.0 Å². The molecule has 9 heteroatoms. The number of nitrogens with zero attached hydrogens (tertiary/aromatic N) is 5. The van der Waals surface area contributed by atoms with Crippen LogP contribution in [0.3, 0.4) is 0 Å². The van der Waals surface area contributed by atoms with Crippen molar-refractivity contribution in [3.05, 3.63) is 35.2 Å². The van der Waals surface area contributed by atoms with Crippen molar-refractivity contribution in [3.8, 4) is 0 Å². The predicted molar refractivity (Wildman–Crippen MR) is 93.1 cm³/mol. The highest BCUT2D eigenvalue weighted by Gasteiger charge is 2.28. The lowest BCUT2D eigenvalue weighted by atomic mass is 10.1. The second-order valence-electron chi connectivity index (χ2n) is 6.30. The van der Waals surface area contributed by atoms with Crippen molar-refractivity contribution in [1.82, 2.24) is 19.1 Å². The molecular formula is C16H21N5O3S. The van der Waals surface area contributed by atoms with Crippen LogP contribution < -0.4 is 4.90 Å². The van der Waals surface area contributed by atoms with Crippen LogP contribution in [0, 0.1) is 13.8 Å². The van der Waals surface area contributed by atoms with Gasteiger partial charge >= 0.3 is 0 Å². The number of hydrogen-bond acceptors (Lipinski definition) is 5. The van der Waals surface area contributed by atoms with E-state index in [0.717, 1.165) is 16.3 Å². The van der Waals surface area contributed by atoms with E-state index in [1.807, 2.05) is 0 Å². The van der Waals surface area contributed by atoms with Gasteiger partial charge in [0.2, 0.25) is 16.0 Å². The number of sulfonamides is 1. The van der Waals surface area contributed by atoms with Crippen LogP contribution in [0.2, 0.25) is 0 Å². The molecule has 3 rings (SSSR count). The molecule has 0 fully saturated rings. The van der Waals surface area contributed by atoms with Gasteiger partial charge in [-0.1, -0.05) is 0 Å². The molecule has 2 heterocycles. The fourth-order valence-corrected chi connectivity index (χ4v) is 4.08. The normalized spacial score (nSPS) is 14.7. The largest absolute Gasteiger partial charge is 0.277 e. The first-order valence-electron chi connectivity index (χ1n) is 7.97. The number of rotatable bonds is 3. The number of aryl methyl sites for hydroxylation is 2. The van der Waals surface area contributed by atoms with Crippen molar-refractivity contribution < 1.29 is 13.2 Å². The Labute approximate surface area is 147 Å². The number of hydrogen-bond donors (Lipinski definition) is 0. The fraction of sp³-hybridized carbons (Fsp3) is 0.438. The Kier molecular flexibility index (Phi) is 4.38. The standard InChI is InChI=1S/C16H21N5O3S/c1-11-8-13(9-14(12(11)2)25(23,24)19(3)4)15(22)20-6-5-7-21-16(20)17-10-18-21/h8-10H,5-7H2,1-4H3. The van der Waals surface area contributed by atoms with E-state index in [9.17, 15) is 13.2 Å². The van der Waals surface area contributed by atoms with Gasteiger partial charge in [-0.2, -0.15) is 10.1 Å². The van der Waals surface area contributed by atoms with Gasteiger partial charge in [0.15, 0.2) is 0 Å². The Morgan fingerprint density at radius 2 is 1.92 bits per heavy atom. The van der Waals surface area contributed by atoms with Crippen molar-refractivity contribution in [2.24, 2.45) is 0 Å². The summed E-state index contributed by atoms with van der Waals surface area (Å²) in [6.07, 6.45) is 2.19. The molecule has 0 N–H and O–H groups in total. The number of carbonyl (C=O) groups is 1. The van der Waals surface area contributed by atoms with Crippen LogP contribution in [0.15, 0.2) is 23.4 Å². The smallest absolute Gasteiger partial charge is 0.260 e. The quantitative estimate of drug-likeness (QED) is 0.817. The molecule has 2 aromatic rings. The lowest BCUT2D eigenvalue weighted by Crippen LogP contribution is -2.38. The van der Waals surface area contributed by atoms with Crippen LogP contribution >= 0.6 is 0 Å². The molecule has 0 saturated heterocycles. The average Bonchev–Trinajstić information content (AvgIpc) is 3.04. The number of carbonyl (C=O) groups excluding carboxylic acids is 1. The molecule has 1 amide bonds. The van der Waals surface area contributed by atoms with Gasteiger partial charge < -0.3 is 0 Å². The number of amides is 1. The van der Waals surface area contributed by atoms with Crippen molar-refractivity contribution in [1.29, 1.82) is 0 Å². The summed E-state index contributed by atoms with van der Waals surface area (Å²) in [7, 11) is -0.681. The maximum atomic E-state index is 13.0. The first-order valence-corrected chi connectivity index (χ1v) is 9.41. The molecule has 1 aromatic carbocycles. The molecule has 8 nitrogen and oxygen atoms in total. The molecule has 0 atom stereocenters. The van der Waals surface area contributed by atoms with E-state index in [4.69, 9.17) is 0 Å². The van der Waals surface area contributed by atoms with Gasteiger partial charge in [0.1, 0.15) is 6.33 Å². The highest BCUT2D eigenvalue weighted by Crippen LogP contribution is 2.26. The third-order valence-electron chi connectivity index (χ3n) is 4.46. The Balaban J connectivity index is 2.08. The van der Waals surface area contributed by atoms with Crippen molar-refractivity contribution in [2.45, 2.75) is 31.7 Å². The van der Waals surface area contributed by atoms with E-state index in [1.165, 1.54) is 26.5 Å². The van der Waals surface area contributed by atoms with Crippen molar-refractivity contribution in [3.63, 3.8) is 0 Å². The molecule has 0 spiro atoms. The Bertz CT molecular complexity index is 933. The topological polar surface area (TPSA) is 88.4 Å². The minimum Gasteiger partial charge on any atom is -0.277 e. The summed E-state index contributed by atoms with van der Waals surface area (Å²) in [5.74, 6) is 0.221. The molecule has 0 radical (unpaired) electrons. The molecule has 0 bridgehead atoms. The third-order valence-corrected chi connectivity index (χ3v) is 6.40. The SMILES string of the molecule is Cc1cc(C(=O)N2CCCn3ncnc32)cc(S(=O)(=O)N(C)C)c1C. The molecule has 134 valence electrons. The maximum absolute atomic E-state index is 13.0. The van der Waals surface area contributed by atoms with Gasteiger partial charge in [-0.15, -0.1) is 0 Å². The van der Waals surface area contributed by atoms with Crippen LogP contribution in [-0.2, 0) is 16.6 Å². The first kappa shape index (κ1) is 17.6. The van der Waals surface area contributed by atoms with Crippen LogP contribution in [0.4, 0.5) is 5.95 Å². The summed E-state index contributed by atoms with van der Waals surface area (Å²) in [6.45, 7) is 4.80. The Morgan fingerprint density at radius 1 is 1.20 bits per heavy atom. The maximum Gasteiger partial charge on any atom is 0.260 e. The summed E-state index contributed by atoms with van der Waals surface area (Å²) >= 11 is 0. The molecule has 0 unspecified atom stereocenters. The minimum atomic E-state index is -3.64. The van der Waals surface area contributed by atoms with Gasteiger partial charge in [0, 0.05) is 32.7 Å². The van der Waals surface area contributed by atoms with Crippen LogP contribution in [0.25, 0.3) is 0 Å². The van der Waals surface area contributed by atoms with Crippen molar-refractivity contribution in [2.75, 3.05) is 25.5 Å². The van der Waals surface area contributed by atoms with Crippen LogP contribution in [0.1, 0.15) is 27.9 Å². The highest BCUT2D eigenvalue weighted by molar-refractivity contribution is 7.89. The van der Waals surface area contributed by atoms with E-state index in [2.05, 4.69) is 10.1 Å². The van der Waals surface area contributed by atoms with Gasteiger partial charge in [-0.25, -0.2) is 17.4 Å². The van der Waals surface area contributed by atoms with E-state index < -0.39 is 10.0 Å². The number of benzene rings is 1. The molecule has 0 saturated carbocycles. The summed E-state index contributed by atoms with van der Waals surface area (Å²) in [5, 5.41) is 4.10. The predicted octanol–water partition coefficient (Wildman–Crippen LogP) is 1.20. The number of anilines is 1. The summed E-state index contributed by atoms with van der Waals surface area (Å²) in [5.41, 5.74) is 1.73. The van der Waals surface area contributed by atoms with Gasteiger partial charge in [-0.3, -0.25) is 9.69 Å². The van der Waals surface area contributed by atoms with E-state index >= 15 is 0 Å². The second kappa shape index (κ2) is 6.23. The Hall–Kier alpha value is -2.26. The van der Waals surface area contributed by atoms with E-state index in [0.29, 0.717) is 30.2 Å². The average molecular weight is 363 g/mol. The zero-order chi connectivity index (χ0) is 18.4. The summed E-state index contributed by atoms with van der Waals surface area (Å²) < 4.78 is 28.0. The lowest BCUT2D eigenvalue weighted by molar-refractivity contribution is 0.0980. The zero-order valence-electron chi connectivity index (χ0n) is 14.7. The van der Waals surface area contributed by atoms with E-state index in [-0.39, 0.29) is 10.8 Å². The lowest BCUT2D eigenvalue weighted by Gasteiger charge is -2.26. The highest BCUT2D eigenvalue weighted by atomic mass is 32.2. The summed E-state index contributed by atoms with van der Waals surface area (Å²) in [6, 6.07) is 3.18. The molecular weight excluding hydrogens is 342 g/mol. The number of aromatic nitrogens is 3. The molecule has 25 heavy (non-hydrogen) atoms. The second-order valence-corrected chi connectivity index (χ2v) is 8.42. The first-order chi connectivity index (χ1) is 11.7. The molecule has 0 aliphatic carbocycles. The monoisotopic (exact) mass is 363 g/mol. The van der Waals surface area contributed by atoms with Crippen molar-refractivity contribution >= 4 is 21.9 Å². The van der Waals surface area contributed by atoms with Gasteiger partial charge in [0.25, 0.3) is 5.91 Å². The molecule has 1 aliphatic heterocycles. The third kappa shape index (κ3) is 2.93. The fourth-order valence-electron chi connectivity index (χ4n) is 2.87. The molecule has 1 aromatic heterocycles. The van der Waals surface area contributed by atoms with Gasteiger partial charge in [-0.05, 0) is 43.5 Å². The van der Waals surface area contributed by atoms with Crippen LogP contribution in [0.5, 0.6) is 0 Å². The Morgan fingerprint density at radius 3 is 2.60 bits per heavy atom. The zero-order valence-corrected chi connectivity index (χ0v) is 15.5. The molecule has 1 aliphatic rings.